The number of nitrogens with two attached hydrogens (primary N) is 1. The number of urea groups is 1. The minimum absolute atomic E-state index is 0. The number of amides is 5. The van der Waals surface area contributed by atoms with Gasteiger partial charge in [-0.05, 0) is 18.8 Å². The third-order valence-corrected chi connectivity index (χ3v) is 4.11. The predicted octanol–water partition coefficient (Wildman–Crippen LogP) is -0.585. The molecule has 0 aliphatic carbocycles. The van der Waals surface area contributed by atoms with Crippen molar-refractivity contribution in [3.63, 3.8) is 0 Å². The van der Waals surface area contributed by atoms with Crippen LogP contribution < -0.4 is 5.73 Å². The van der Waals surface area contributed by atoms with Crippen LogP contribution in [0.15, 0.2) is 0 Å². The lowest BCUT2D eigenvalue weighted by molar-refractivity contribution is -0.145. The lowest BCUT2D eigenvalue weighted by Gasteiger charge is -2.38. The van der Waals surface area contributed by atoms with E-state index in [0.29, 0.717) is 28.8 Å². The summed E-state index contributed by atoms with van der Waals surface area (Å²) in [6.45, 7) is 2.60. The van der Waals surface area contributed by atoms with Gasteiger partial charge in [-0.3, -0.25) is 19.3 Å². The Hall–Kier alpha value is -1.67. The number of likely N-dealkylation sites (N-methyl/N-ethyl adjacent to an activating group) is 1. The van der Waals surface area contributed by atoms with Gasteiger partial charge in [0.25, 0.3) is 0 Å². The molecule has 0 aromatic carbocycles. The van der Waals surface area contributed by atoms with Gasteiger partial charge in [0.2, 0.25) is 5.91 Å². The fraction of sp³-hybridized carbons (Fsp3) is 0.692. The van der Waals surface area contributed by atoms with E-state index in [1.807, 2.05) is 0 Å². The van der Waals surface area contributed by atoms with Crippen molar-refractivity contribution < 1.29 is 19.2 Å². The molecule has 124 valence electrons. The number of nitrogens with zero attached hydrogens (tertiary/aromatic N) is 3. The molecule has 0 radical (unpaired) electrons. The van der Waals surface area contributed by atoms with Crippen LogP contribution in [0, 0.1) is 5.92 Å². The molecular weight excluding hydrogens is 312 g/mol. The van der Waals surface area contributed by atoms with E-state index in [9.17, 15) is 19.2 Å². The van der Waals surface area contributed by atoms with E-state index in [-0.39, 0.29) is 24.4 Å². The zero-order valence-corrected chi connectivity index (χ0v) is 13.5. The molecule has 2 unspecified atom stereocenters. The van der Waals surface area contributed by atoms with Crippen molar-refractivity contribution in [3.05, 3.63) is 0 Å². The quantitative estimate of drug-likeness (QED) is 0.550. The Morgan fingerprint density at radius 1 is 1.27 bits per heavy atom. The number of likely N-dealkylation sites (tertiary alicyclic amines) is 1. The zero-order chi connectivity index (χ0) is 15.7. The van der Waals surface area contributed by atoms with Gasteiger partial charge in [-0.1, -0.05) is 6.92 Å². The van der Waals surface area contributed by atoms with Crippen LogP contribution >= 0.6 is 12.4 Å². The second kappa shape index (κ2) is 7.06. The van der Waals surface area contributed by atoms with Crippen molar-refractivity contribution in [2.75, 3.05) is 26.7 Å². The lowest BCUT2D eigenvalue weighted by Crippen LogP contribution is -2.52. The summed E-state index contributed by atoms with van der Waals surface area (Å²) in [7, 11) is 1.22. The molecule has 2 N–H and O–H groups in total. The molecule has 2 saturated heterocycles. The largest absolute Gasteiger partial charge is 0.337 e. The van der Waals surface area contributed by atoms with Gasteiger partial charge in [-0.15, -0.1) is 12.4 Å². The fourth-order valence-electron chi connectivity index (χ4n) is 2.78. The van der Waals surface area contributed by atoms with Gasteiger partial charge in [0.1, 0.15) is 6.54 Å². The summed E-state index contributed by atoms with van der Waals surface area (Å²) in [5.74, 6) is -1.71. The van der Waals surface area contributed by atoms with E-state index < -0.39 is 24.4 Å². The first-order chi connectivity index (χ1) is 9.86. The molecule has 2 heterocycles. The summed E-state index contributed by atoms with van der Waals surface area (Å²) in [6, 6.07) is -0.837. The fourth-order valence-corrected chi connectivity index (χ4v) is 2.78. The Bertz CT molecular complexity index is 498. The maximum absolute atomic E-state index is 12.3. The van der Waals surface area contributed by atoms with E-state index in [4.69, 9.17) is 5.73 Å². The highest BCUT2D eigenvalue weighted by Crippen LogP contribution is 2.22. The SMILES string of the molecule is CC1CCN(C(=O)CN2C(=O)C(=O)N(C)C2=O)C(CN)C1.Cl. The Balaban J connectivity index is 0.00000242. The molecule has 2 rings (SSSR count). The number of halogens is 1. The highest BCUT2D eigenvalue weighted by Gasteiger charge is 2.44. The average molecular weight is 333 g/mol. The third kappa shape index (κ3) is 3.22. The minimum Gasteiger partial charge on any atom is -0.337 e. The Morgan fingerprint density at radius 2 is 1.91 bits per heavy atom. The van der Waals surface area contributed by atoms with Crippen LogP contribution in [0.5, 0.6) is 0 Å². The second-order valence-electron chi connectivity index (χ2n) is 5.64. The maximum atomic E-state index is 12.3. The summed E-state index contributed by atoms with van der Waals surface area (Å²) < 4.78 is 0. The number of carbonyl (C=O) groups is 4. The summed E-state index contributed by atoms with van der Waals surface area (Å²) in [5, 5.41) is 0. The molecule has 0 saturated carbocycles. The van der Waals surface area contributed by atoms with Crippen LogP contribution in [0.4, 0.5) is 4.79 Å². The van der Waals surface area contributed by atoms with E-state index in [1.54, 1.807) is 4.90 Å². The van der Waals surface area contributed by atoms with Crippen molar-refractivity contribution in [2.24, 2.45) is 11.7 Å². The molecule has 22 heavy (non-hydrogen) atoms. The molecule has 8 nitrogen and oxygen atoms in total. The van der Waals surface area contributed by atoms with Gasteiger partial charge in [0, 0.05) is 26.2 Å². The molecule has 5 amide bonds. The monoisotopic (exact) mass is 332 g/mol. The van der Waals surface area contributed by atoms with Crippen LogP contribution in [-0.2, 0) is 14.4 Å². The molecule has 0 bridgehead atoms. The smallest absolute Gasteiger partial charge is 0.334 e. The molecule has 2 atom stereocenters. The standard InChI is InChI=1S/C13H20N4O4.ClH/c1-8-3-4-16(9(5-8)6-14)10(18)7-17-12(20)11(19)15(2)13(17)21;/h8-9H,3-7,14H2,1-2H3;1H. The number of imide groups is 2. The van der Waals surface area contributed by atoms with Crippen molar-refractivity contribution in [3.8, 4) is 0 Å². The molecule has 0 aromatic rings. The van der Waals surface area contributed by atoms with Gasteiger partial charge in [-0.2, -0.15) is 0 Å². The summed E-state index contributed by atoms with van der Waals surface area (Å²) in [4.78, 5) is 50.2. The van der Waals surface area contributed by atoms with E-state index >= 15 is 0 Å². The molecule has 2 aliphatic heterocycles. The number of carbonyl (C=O) groups excluding carboxylic acids is 4. The summed E-state index contributed by atoms with van der Waals surface area (Å²) in [6.07, 6.45) is 1.67. The van der Waals surface area contributed by atoms with Gasteiger partial charge in [-0.25, -0.2) is 9.69 Å². The van der Waals surface area contributed by atoms with Crippen LogP contribution in [0.2, 0.25) is 0 Å². The van der Waals surface area contributed by atoms with Crippen LogP contribution in [-0.4, -0.2) is 71.2 Å². The van der Waals surface area contributed by atoms with Gasteiger partial charge in [0.05, 0.1) is 0 Å². The highest BCUT2D eigenvalue weighted by molar-refractivity contribution is 6.44. The second-order valence-corrected chi connectivity index (χ2v) is 5.64. The first kappa shape index (κ1) is 18.4. The van der Waals surface area contributed by atoms with E-state index in [2.05, 4.69) is 6.92 Å². The van der Waals surface area contributed by atoms with Gasteiger partial charge in [0.15, 0.2) is 0 Å². The van der Waals surface area contributed by atoms with E-state index in [0.717, 1.165) is 12.8 Å². The van der Waals surface area contributed by atoms with Gasteiger partial charge < -0.3 is 10.6 Å². The molecule has 0 spiro atoms. The number of hydrogen-bond acceptors (Lipinski definition) is 5. The number of hydrogen-bond donors (Lipinski definition) is 1. The van der Waals surface area contributed by atoms with Crippen LogP contribution in [0.25, 0.3) is 0 Å². The normalized spacial score (nSPS) is 25.6. The van der Waals surface area contributed by atoms with Crippen molar-refractivity contribution in [1.82, 2.24) is 14.7 Å². The maximum Gasteiger partial charge on any atom is 0.334 e. The predicted molar refractivity (Wildman–Crippen MR) is 80.1 cm³/mol. The zero-order valence-electron chi connectivity index (χ0n) is 12.7. The van der Waals surface area contributed by atoms with Crippen molar-refractivity contribution in [2.45, 2.75) is 25.8 Å². The Kier molecular flexibility index (Phi) is 5.90. The first-order valence-corrected chi connectivity index (χ1v) is 6.99. The van der Waals surface area contributed by atoms with Crippen molar-refractivity contribution in [1.29, 1.82) is 0 Å². The van der Waals surface area contributed by atoms with Crippen LogP contribution in [0.1, 0.15) is 19.8 Å². The molecule has 2 fully saturated rings. The third-order valence-electron chi connectivity index (χ3n) is 4.11. The molecular formula is C13H21ClN4O4. The lowest BCUT2D eigenvalue weighted by atomic mass is 9.92. The Morgan fingerprint density at radius 3 is 2.41 bits per heavy atom. The topological polar surface area (TPSA) is 104 Å². The number of rotatable bonds is 3. The molecule has 9 heteroatoms. The van der Waals surface area contributed by atoms with E-state index in [1.165, 1.54) is 7.05 Å². The molecule has 0 aromatic heterocycles. The highest BCUT2D eigenvalue weighted by atomic mass is 35.5. The average Bonchev–Trinajstić information content (AvgIpc) is 2.64. The summed E-state index contributed by atoms with van der Waals surface area (Å²) in [5.41, 5.74) is 5.70. The summed E-state index contributed by atoms with van der Waals surface area (Å²) >= 11 is 0. The van der Waals surface area contributed by atoms with Crippen LogP contribution in [0.3, 0.4) is 0 Å². The van der Waals surface area contributed by atoms with Gasteiger partial charge >= 0.3 is 17.8 Å². The minimum atomic E-state index is -0.953. The van der Waals surface area contributed by atoms with Crippen molar-refractivity contribution >= 4 is 36.2 Å². The Labute approximate surface area is 135 Å². The first-order valence-electron chi connectivity index (χ1n) is 6.99. The molecule has 2 aliphatic rings. The number of piperidine rings is 1.